The first-order valence-electron chi connectivity index (χ1n) is 6.60. The number of carbonyl (C=O) groups is 1. The predicted molar refractivity (Wildman–Crippen MR) is 73.7 cm³/mol. The van der Waals surface area contributed by atoms with Crippen molar-refractivity contribution in [1.29, 1.82) is 0 Å². The normalized spacial score (nSPS) is 11.6. The second-order valence-corrected chi connectivity index (χ2v) is 5.53. The lowest BCUT2D eigenvalue weighted by Crippen LogP contribution is -3.00. The highest BCUT2D eigenvalue weighted by Gasteiger charge is 2.31. The van der Waals surface area contributed by atoms with E-state index in [4.69, 9.17) is 0 Å². The minimum absolute atomic E-state index is 0. The highest BCUT2D eigenvalue weighted by molar-refractivity contribution is 5.86. The van der Waals surface area contributed by atoms with Gasteiger partial charge in [0.15, 0.2) is 0 Å². The number of hydrogen-bond donors (Lipinski definition) is 1. The van der Waals surface area contributed by atoms with Crippen LogP contribution in [-0.2, 0) is 4.79 Å². The molecule has 0 aliphatic rings. The number of nitrogens with zero attached hydrogens (tertiary/aromatic N) is 1. The number of hydrogen-bond acceptors (Lipinski definition) is 1. The molecule has 3 nitrogen and oxygen atoms in total. The van der Waals surface area contributed by atoms with Crippen molar-refractivity contribution in [3.05, 3.63) is 12.7 Å². The lowest BCUT2D eigenvalue weighted by Gasteiger charge is -2.41. The highest BCUT2D eigenvalue weighted by atomic mass is 79.9. The first kappa shape index (κ1) is 20.0. The molecule has 0 spiro atoms. The third kappa shape index (κ3) is 6.55. The summed E-state index contributed by atoms with van der Waals surface area (Å²) >= 11 is 0. The minimum Gasteiger partial charge on any atom is -1.00 e. The summed E-state index contributed by atoms with van der Waals surface area (Å²) in [5.41, 5.74) is 0.112. The van der Waals surface area contributed by atoms with Crippen LogP contribution in [0.25, 0.3) is 0 Å². The first-order valence-corrected chi connectivity index (χ1v) is 6.60. The Labute approximate surface area is 123 Å². The number of amides is 1. The van der Waals surface area contributed by atoms with Crippen molar-refractivity contribution in [1.82, 2.24) is 5.32 Å². The van der Waals surface area contributed by atoms with Gasteiger partial charge in [-0.3, -0.25) is 4.79 Å². The van der Waals surface area contributed by atoms with Crippen molar-refractivity contribution in [2.45, 2.75) is 34.6 Å². The van der Waals surface area contributed by atoms with Crippen LogP contribution in [0.3, 0.4) is 0 Å². The van der Waals surface area contributed by atoms with E-state index < -0.39 is 0 Å². The Morgan fingerprint density at radius 2 is 1.67 bits per heavy atom. The molecular weight excluding hydrogens is 292 g/mol. The monoisotopic (exact) mass is 320 g/mol. The fourth-order valence-electron chi connectivity index (χ4n) is 2.37. The van der Waals surface area contributed by atoms with Gasteiger partial charge in [0, 0.05) is 12.0 Å². The van der Waals surface area contributed by atoms with Gasteiger partial charge in [-0.15, -0.1) is 0 Å². The molecule has 1 N–H and O–H groups in total. The van der Waals surface area contributed by atoms with Gasteiger partial charge in [-0.1, -0.05) is 20.4 Å². The van der Waals surface area contributed by atoms with Gasteiger partial charge in [0.05, 0.1) is 26.2 Å². The smallest absolute Gasteiger partial charge is 0.243 e. The van der Waals surface area contributed by atoms with Gasteiger partial charge in [0.2, 0.25) is 5.91 Å². The molecule has 0 unspecified atom stereocenters. The molecule has 0 fully saturated rings. The number of rotatable bonds is 8. The molecule has 0 heterocycles. The van der Waals surface area contributed by atoms with Gasteiger partial charge in [0.25, 0.3) is 0 Å². The van der Waals surface area contributed by atoms with Crippen molar-refractivity contribution in [2.75, 3.05) is 32.7 Å². The molecule has 0 aliphatic heterocycles. The molecule has 0 aromatic heterocycles. The van der Waals surface area contributed by atoms with E-state index in [9.17, 15) is 4.79 Å². The Morgan fingerprint density at radius 1 is 1.22 bits per heavy atom. The summed E-state index contributed by atoms with van der Waals surface area (Å²) in [6.07, 6.45) is 1.33. The van der Waals surface area contributed by atoms with Gasteiger partial charge < -0.3 is 26.8 Å². The molecule has 18 heavy (non-hydrogen) atoms. The van der Waals surface area contributed by atoms with E-state index in [2.05, 4.69) is 46.5 Å². The summed E-state index contributed by atoms with van der Waals surface area (Å²) < 4.78 is 1.11. The van der Waals surface area contributed by atoms with Gasteiger partial charge >= 0.3 is 0 Å². The van der Waals surface area contributed by atoms with Crippen LogP contribution in [0.4, 0.5) is 0 Å². The van der Waals surface area contributed by atoms with E-state index in [1.165, 1.54) is 6.08 Å². The van der Waals surface area contributed by atoms with E-state index in [0.29, 0.717) is 6.54 Å². The average Bonchev–Trinajstić information content (AvgIpc) is 2.33. The summed E-state index contributed by atoms with van der Waals surface area (Å²) in [5.74, 6) is -0.0827. The maximum Gasteiger partial charge on any atom is 0.243 e. The van der Waals surface area contributed by atoms with Crippen molar-refractivity contribution >= 4 is 5.91 Å². The lowest BCUT2D eigenvalue weighted by molar-refractivity contribution is -0.928. The Kier molecular flexibility index (Phi) is 9.66. The quantitative estimate of drug-likeness (QED) is 0.460. The van der Waals surface area contributed by atoms with Gasteiger partial charge in [-0.05, 0) is 26.8 Å². The van der Waals surface area contributed by atoms with Crippen molar-refractivity contribution in [3.63, 3.8) is 0 Å². The Bertz CT molecular complexity index is 252. The van der Waals surface area contributed by atoms with Gasteiger partial charge in [-0.25, -0.2) is 0 Å². The van der Waals surface area contributed by atoms with E-state index in [1.54, 1.807) is 0 Å². The van der Waals surface area contributed by atoms with Gasteiger partial charge in [0.1, 0.15) is 0 Å². The van der Waals surface area contributed by atoms with Crippen molar-refractivity contribution in [2.24, 2.45) is 5.41 Å². The largest absolute Gasteiger partial charge is 1.00 e. The standard InChI is InChI=1S/C14H28N2O.BrH/c1-7-13(17)15-11-14(5,6)12-16(8-2,9-3)10-4;/h7H,1,8-12H2,2-6H3;1H. The SMILES string of the molecule is C=CC(=O)NCC(C)(C)C[N+](CC)(CC)CC.[Br-]. The molecule has 0 atom stereocenters. The molecule has 0 rings (SSSR count). The lowest BCUT2D eigenvalue weighted by atomic mass is 9.91. The Hall–Kier alpha value is -0.350. The summed E-state index contributed by atoms with van der Waals surface area (Å²) in [6, 6.07) is 0. The number of halogens is 1. The van der Waals surface area contributed by atoms with E-state index >= 15 is 0 Å². The maximum absolute atomic E-state index is 11.2. The molecule has 1 amide bonds. The van der Waals surface area contributed by atoms with Crippen LogP contribution in [0.15, 0.2) is 12.7 Å². The summed E-state index contributed by atoms with van der Waals surface area (Å²) in [6.45, 7) is 19.8. The molecule has 0 saturated heterocycles. The summed E-state index contributed by atoms with van der Waals surface area (Å²) in [5, 5.41) is 2.90. The topological polar surface area (TPSA) is 29.1 Å². The average molecular weight is 321 g/mol. The van der Waals surface area contributed by atoms with Crippen molar-refractivity contribution < 1.29 is 26.3 Å². The minimum atomic E-state index is -0.0827. The molecule has 4 heteroatoms. The predicted octanol–water partition coefficient (Wildman–Crippen LogP) is -0.805. The van der Waals surface area contributed by atoms with Crippen LogP contribution in [-0.4, -0.2) is 43.1 Å². The summed E-state index contributed by atoms with van der Waals surface area (Å²) in [7, 11) is 0. The number of carbonyl (C=O) groups excluding carboxylic acids is 1. The van der Waals surface area contributed by atoms with Crippen LogP contribution in [0.1, 0.15) is 34.6 Å². The zero-order chi connectivity index (χ0) is 13.5. The zero-order valence-electron chi connectivity index (χ0n) is 12.6. The fourth-order valence-corrected chi connectivity index (χ4v) is 2.37. The second kappa shape index (κ2) is 8.70. The van der Waals surface area contributed by atoms with Crippen LogP contribution in [0.5, 0.6) is 0 Å². The molecule has 0 bridgehead atoms. The molecular formula is C14H29BrN2O. The third-order valence-corrected chi connectivity index (χ3v) is 3.70. The molecule has 0 radical (unpaired) electrons. The number of quaternary nitrogens is 1. The zero-order valence-corrected chi connectivity index (χ0v) is 14.1. The number of nitrogens with one attached hydrogen (secondary N) is 1. The van der Waals surface area contributed by atoms with Crippen LogP contribution in [0.2, 0.25) is 0 Å². The van der Waals surface area contributed by atoms with E-state index in [1.807, 2.05) is 0 Å². The van der Waals surface area contributed by atoms with Crippen LogP contribution < -0.4 is 22.3 Å². The van der Waals surface area contributed by atoms with E-state index in [-0.39, 0.29) is 28.3 Å². The highest BCUT2D eigenvalue weighted by Crippen LogP contribution is 2.21. The van der Waals surface area contributed by atoms with Gasteiger partial charge in [-0.2, -0.15) is 0 Å². The Morgan fingerprint density at radius 3 is 2.00 bits per heavy atom. The van der Waals surface area contributed by atoms with Crippen LogP contribution in [0, 0.1) is 5.41 Å². The third-order valence-electron chi connectivity index (χ3n) is 3.70. The molecule has 0 saturated carbocycles. The maximum atomic E-state index is 11.2. The first-order chi connectivity index (χ1) is 7.84. The van der Waals surface area contributed by atoms with Crippen LogP contribution >= 0.6 is 0 Å². The second-order valence-electron chi connectivity index (χ2n) is 5.53. The Balaban J connectivity index is 0. The molecule has 0 aromatic carbocycles. The fraction of sp³-hybridized carbons (Fsp3) is 0.786. The molecule has 0 aliphatic carbocycles. The molecule has 0 aromatic rings. The van der Waals surface area contributed by atoms with Crippen molar-refractivity contribution in [3.8, 4) is 0 Å². The molecule has 108 valence electrons. The van der Waals surface area contributed by atoms with E-state index in [0.717, 1.165) is 30.7 Å². The summed E-state index contributed by atoms with van der Waals surface area (Å²) in [4.78, 5) is 11.2.